The van der Waals surface area contributed by atoms with Crippen LogP contribution in [0.4, 0.5) is 0 Å². The average Bonchev–Trinajstić information content (AvgIpc) is 3.64. The van der Waals surface area contributed by atoms with Gasteiger partial charge in [-0.15, -0.1) is 0 Å². The van der Waals surface area contributed by atoms with E-state index in [2.05, 4.69) is 133 Å². The molecule has 0 aromatic heterocycles. The molecular formula is C38H74O7Si3. The zero-order valence-electron chi connectivity index (χ0n) is 33.9. The highest BCUT2D eigenvalue weighted by atomic mass is 28.4. The van der Waals surface area contributed by atoms with Crippen molar-refractivity contribution in [1.29, 1.82) is 0 Å². The van der Waals surface area contributed by atoms with Crippen LogP contribution in [0.3, 0.4) is 0 Å². The smallest absolute Gasteiger partial charge is 0.306 e. The van der Waals surface area contributed by atoms with Crippen molar-refractivity contribution >= 4 is 30.9 Å². The molecule has 0 aliphatic carbocycles. The van der Waals surface area contributed by atoms with Gasteiger partial charge in [-0.1, -0.05) is 100 Å². The van der Waals surface area contributed by atoms with Crippen LogP contribution >= 0.6 is 0 Å². The Kier molecular flexibility index (Phi) is 14.9. The molecule has 1 unspecified atom stereocenters. The molecule has 0 amide bonds. The maximum atomic E-state index is 13.5. The van der Waals surface area contributed by atoms with Crippen molar-refractivity contribution in [3.05, 3.63) is 24.3 Å². The Morgan fingerprint density at radius 2 is 1.33 bits per heavy atom. The second kappa shape index (κ2) is 16.4. The summed E-state index contributed by atoms with van der Waals surface area (Å²) >= 11 is 0. The number of hydrogen-bond acceptors (Lipinski definition) is 7. The van der Waals surface area contributed by atoms with Crippen LogP contribution in [0.5, 0.6) is 0 Å². The van der Waals surface area contributed by atoms with Crippen molar-refractivity contribution in [2.75, 3.05) is 6.61 Å². The predicted octanol–water partition coefficient (Wildman–Crippen LogP) is 9.79. The summed E-state index contributed by atoms with van der Waals surface area (Å²) in [6.45, 7) is 38.1. The summed E-state index contributed by atoms with van der Waals surface area (Å²) < 4.78 is 33.8. The fraction of sp³-hybridized carbons (Fsp3) is 0.868. The largest absolute Gasteiger partial charge is 0.460 e. The van der Waals surface area contributed by atoms with Crippen LogP contribution in [-0.2, 0) is 27.5 Å². The summed E-state index contributed by atoms with van der Waals surface area (Å²) in [5.41, 5.74) is 0. The van der Waals surface area contributed by atoms with E-state index < -0.39 is 31.1 Å². The number of rotatable bonds is 10. The van der Waals surface area contributed by atoms with E-state index in [0.29, 0.717) is 19.3 Å². The number of aliphatic hydroxyl groups is 1. The van der Waals surface area contributed by atoms with Gasteiger partial charge in [0.05, 0.1) is 24.4 Å². The second-order valence-corrected chi connectivity index (χ2v) is 33.7. The quantitative estimate of drug-likeness (QED) is 0.104. The third kappa shape index (κ3) is 12.6. The first-order valence-electron chi connectivity index (χ1n) is 18.4. The molecule has 0 aromatic carbocycles. The minimum Gasteiger partial charge on any atom is -0.460 e. The summed E-state index contributed by atoms with van der Waals surface area (Å²) in [6.07, 6.45) is 9.34. The van der Waals surface area contributed by atoms with Crippen LogP contribution in [0.25, 0.3) is 0 Å². The minimum absolute atomic E-state index is 0.0120. The van der Waals surface area contributed by atoms with Crippen molar-refractivity contribution in [2.45, 2.75) is 193 Å². The molecule has 48 heavy (non-hydrogen) atoms. The Bertz CT molecular complexity index is 1100. The Morgan fingerprint density at radius 1 is 0.833 bits per heavy atom. The topological polar surface area (TPSA) is 86.8 Å². The normalized spacial score (nSPS) is 29.9. The summed E-state index contributed by atoms with van der Waals surface area (Å²) in [5.74, 6) is -0.109. The fourth-order valence-corrected chi connectivity index (χ4v) is 8.89. The third-order valence-corrected chi connectivity index (χ3v) is 25.1. The van der Waals surface area contributed by atoms with E-state index in [0.717, 1.165) is 6.42 Å². The molecule has 1 fully saturated rings. The summed E-state index contributed by atoms with van der Waals surface area (Å²) in [4.78, 5) is 13.5. The highest BCUT2D eigenvalue weighted by Crippen LogP contribution is 2.43. The Hall–Kier alpha value is -0.599. The summed E-state index contributed by atoms with van der Waals surface area (Å²) in [7, 11) is -6.55. The molecule has 8 atom stereocenters. The van der Waals surface area contributed by atoms with Crippen molar-refractivity contribution in [3.8, 4) is 0 Å². The van der Waals surface area contributed by atoms with Gasteiger partial charge in [0.2, 0.25) is 0 Å². The highest BCUT2D eigenvalue weighted by molar-refractivity contribution is 6.75. The van der Waals surface area contributed by atoms with Gasteiger partial charge in [-0.2, -0.15) is 0 Å². The van der Waals surface area contributed by atoms with Gasteiger partial charge in [-0.05, 0) is 79.1 Å². The van der Waals surface area contributed by atoms with Crippen LogP contribution in [0.1, 0.15) is 102 Å². The summed E-state index contributed by atoms with van der Waals surface area (Å²) in [5, 5.41) is 10.1. The number of hydrogen-bond donors (Lipinski definition) is 1. The number of fused-ring (bicyclic) bond motifs is 1. The van der Waals surface area contributed by atoms with E-state index in [1.807, 2.05) is 6.92 Å². The lowest BCUT2D eigenvalue weighted by Gasteiger charge is -2.44. The van der Waals surface area contributed by atoms with Crippen molar-refractivity contribution < 1.29 is 32.7 Å². The molecule has 2 heterocycles. The molecule has 2 aliphatic rings. The minimum atomic E-state index is -2.22. The average molecular weight is 727 g/mol. The Balaban J connectivity index is 2.56. The third-order valence-electron chi connectivity index (χ3n) is 11.6. The summed E-state index contributed by atoms with van der Waals surface area (Å²) in [6, 6.07) is 0. The maximum Gasteiger partial charge on any atom is 0.306 e. The van der Waals surface area contributed by atoms with Crippen molar-refractivity contribution in [1.82, 2.24) is 0 Å². The lowest BCUT2D eigenvalue weighted by molar-refractivity contribution is -0.157. The molecule has 0 saturated carbocycles. The molecule has 0 spiro atoms. The molecular weight excluding hydrogens is 653 g/mol. The van der Waals surface area contributed by atoms with Crippen LogP contribution < -0.4 is 0 Å². The molecule has 7 nitrogen and oxygen atoms in total. The predicted molar refractivity (Wildman–Crippen MR) is 207 cm³/mol. The fourth-order valence-electron chi connectivity index (χ4n) is 5.04. The first kappa shape index (κ1) is 43.6. The molecule has 0 aromatic rings. The first-order chi connectivity index (χ1) is 21.6. The molecule has 1 saturated heterocycles. The first-order valence-corrected chi connectivity index (χ1v) is 27.2. The van der Waals surface area contributed by atoms with Crippen molar-refractivity contribution in [2.24, 2.45) is 11.8 Å². The number of allylic oxidation sites excluding steroid dienone is 1. The number of esters is 1. The van der Waals surface area contributed by atoms with E-state index >= 15 is 0 Å². The van der Waals surface area contributed by atoms with E-state index in [9.17, 15) is 9.90 Å². The maximum absolute atomic E-state index is 13.5. The highest BCUT2D eigenvalue weighted by Gasteiger charge is 2.47. The molecule has 10 heteroatoms. The van der Waals surface area contributed by atoms with Gasteiger partial charge in [-0.3, -0.25) is 4.79 Å². The number of carbonyl (C=O) groups is 1. The van der Waals surface area contributed by atoms with Gasteiger partial charge >= 0.3 is 5.97 Å². The van der Waals surface area contributed by atoms with Crippen LogP contribution in [0, 0.1) is 11.8 Å². The van der Waals surface area contributed by atoms with Gasteiger partial charge in [0.1, 0.15) is 12.2 Å². The van der Waals surface area contributed by atoms with E-state index in [4.69, 9.17) is 22.8 Å². The van der Waals surface area contributed by atoms with Gasteiger partial charge in [0.15, 0.2) is 25.0 Å². The monoisotopic (exact) mass is 726 g/mol. The van der Waals surface area contributed by atoms with Gasteiger partial charge < -0.3 is 27.9 Å². The SMILES string of the molecule is C[C@H]1C/C=C/C(O[Si](C)(C)C(C)(C)C)[C@@H](O[Si](C)(C)C(C)(C)C)/C=C/[C@@H]2O[C@@H]2C[C@@H]([C@H](C[C@@H](C)CO)O[Si](C)(C)C(C)(C)C)OC(=O)C1. The molecule has 2 aliphatic heterocycles. The number of epoxide rings is 1. The van der Waals surface area contributed by atoms with Gasteiger partial charge in [0, 0.05) is 19.4 Å². The molecule has 280 valence electrons. The number of cyclic esters (lactones) is 1. The van der Waals surface area contributed by atoms with Crippen LogP contribution in [0.2, 0.25) is 54.4 Å². The standard InChI is InChI=1S/C38H74O7Si3/c1-27-19-18-20-30(43-46(12,13)36(3,4)5)31(44-47(14,15)37(6,7)8)22-21-29-32(41-29)25-33(42-35(40)24-27)34(23-28(2)26-39)45-48(16,17)38(9,10)11/h18,20-22,27-34,39H,19,23-26H2,1-17H3/b20-18+,22-21+/t27-,28+,29-,30?,31-,32+,33-,34-/m0/s1. The zero-order chi connectivity index (χ0) is 37.1. The lowest BCUT2D eigenvalue weighted by atomic mass is 9.97. The van der Waals surface area contributed by atoms with E-state index in [1.54, 1.807) is 0 Å². The van der Waals surface area contributed by atoms with E-state index in [1.165, 1.54) is 0 Å². The molecule has 0 bridgehead atoms. The zero-order valence-corrected chi connectivity index (χ0v) is 36.9. The second-order valence-electron chi connectivity index (χ2n) is 19.4. The van der Waals surface area contributed by atoms with Gasteiger partial charge in [-0.25, -0.2) is 0 Å². The Labute approximate surface area is 298 Å². The number of aliphatic hydroxyl groups excluding tert-OH is 1. The number of carbonyl (C=O) groups excluding carboxylic acids is 1. The van der Waals surface area contributed by atoms with Crippen molar-refractivity contribution in [3.63, 3.8) is 0 Å². The Morgan fingerprint density at radius 3 is 1.81 bits per heavy atom. The molecule has 1 N–H and O–H groups in total. The molecule has 0 radical (unpaired) electrons. The van der Waals surface area contributed by atoms with Crippen LogP contribution in [0.15, 0.2) is 24.3 Å². The van der Waals surface area contributed by atoms with Gasteiger partial charge in [0.25, 0.3) is 0 Å². The van der Waals surface area contributed by atoms with E-state index in [-0.39, 0.29) is 70.0 Å². The molecule has 2 rings (SSSR count). The number of ether oxygens (including phenoxy) is 2. The van der Waals surface area contributed by atoms with Crippen LogP contribution in [-0.4, -0.2) is 79.3 Å². The lowest BCUT2D eigenvalue weighted by Crippen LogP contribution is -2.51.